The van der Waals surface area contributed by atoms with Gasteiger partial charge in [-0.05, 0) is 5.92 Å². The molecule has 0 fully saturated rings. The first kappa shape index (κ1) is 13.7. The van der Waals surface area contributed by atoms with Gasteiger partial charge in [-0.3, -0.25) is 9.59 Å². The molecule has 1 N–H and O–H groups in total. The molecule has 0 aliphatic heterocycles. The van der Waals surface area contributed by atoms with Crippen molar-refractivity contribution in [3.05, 3.63) is 12.7 Å². The minimum absolute atomic E-state index is 0.00819. The van der Waals surface area contributed by atoms with E-state index in [0.717, 1.165) is 0 Å². The van der Waals surface area contributed by atoms with E-state index in [1.165, 1.54) is 4.90 Å². The van der Waals surface area contributed by atoms with Crippen molar-refractivity contribution < 1.29 is 14.7 Å². The van der Waals surface area contributed by atoms with Gasteiger partial charge in [-0.1, -0.05) is 19.9 Å². The monoisotopic (exact) mass is 213 g/mol. The number of carbonyl (C=O) groups excluding carboxylic acids is 1. The Bertz CT molecular complexity index is 236. The first-order chi connectivity index (χ1) is 6.97. The molecule has 0 spiro atoms. The molecule has 0 bridgehead atoms. The third kappa shape index (κ3) is 6.71. The quantitative estimate of drug-likeness (QED) is 0.652. The molecule has 0 saturated heterocycles. The van der Waals surface area contributed by atoms with E-state index < -0.39 is 5.97 Å². The van der Waals surface area contributed by atoms with Gasteiger partial charge in [-0.25, -0.2) is 0 Å². The fourth-order valence-corrected chi connectivity index (χ4v) is 1.18. The summed E-state index contributed by atoms with van der Waals surface area (Å²) in [5.41, 5.74) is 0. The van der Waals surface area contributed by atoms with Crippen molar-refractivity contribution in [3.63, 3.8) is 0 Å². The van der Waals surface area contributed by atoms with Crippen molar-refractivity contribution in [1.82, 2.24) is 4.90 Å². The van der Waals surface area contributed by atoms with Crippen molar-refractivity contribution in [1.29, 1.82) is 0 Å². The zero-order chi connectivity index (χ0) is 11.8. The van der Waals surface area contributed by atoms with Crippen LogP contribution in [-0.2, 0) is 9.59 Å². The Hall–Kier alpha value is -1.32. The van der Waals surface area contributed by atoms with E-state index in [1.807, 2.05) is 13.8 Å². The second kappa shape index (κ2) is 7.04. The Balaban J connectivity index is 4.17. The molecule has 0 aromatic rings. The Morgan fingerprint density at radius 3 is 2.47 bits per heavy atom. The molecule has 15 heavy (non-hydrogen) atoms. The van der Waals surface area contributed by atoms with Crippen LogP contribution >= 0.6 is 0 Å². The molecule has 1 amide bonds. The number of carboxylic acids is 1. The van der Waals surface area contributed by atoms with Crippen LogP contribution in [0.5, 0.6) is 0 Å². The SMILES string of the molecule is C=CCN(CCC(=O)O)C(=O)CC(C)C. The van der Waals surface area contributed by atoms with Gasteiger partial charge in [0.25, 0.3) is 0 Å². The Morgan fingerprint density at radius 1 is 1.47 bits per heavy atom. The van der Waals surface area contributed by atoms with Gasteiger partial charge in [0, 0.05) is 19.5 Å². The van der Waals surface area contributed by atoms with Crippen LogP contribution in [-0.4, -0.2) is 35.0 Å². The average molecular weight is 213 g/mol. The highest BCUT2D eigenvalue weighted by Gasteiger charge is 2.14. The van der Waals surface area contributed by atoms with Crippen LogP contribution in [0.1, 0.15) is 26.7 Å². The van der Waals surface area contributed by atoms with Gasteiger partial charge in [0.2, 0.25) is 5.91 Å². The van der Waals surface area contributed by atoms with Crippen LogP contribution in [0.4, 0.5) is 0 Å². The zero-order valence-electron chi connectivity index (χ0n) is 9.40. The van der Waals surface area contributed by atoms with Crippen LogP contribution in [0, 0.1) is 5.92 Å². The van der Waals surface area contributed by atoms with Crippen LogP contribution < -0.4 is 0 Å². The number of rotatable bonds is 7. The molecule has 0 aromatic carbocycles. The van der Waals surface area contributed by atoms with Crippen molar-refractivity contribution in [2.75, 3.05) is 13.1 Å². The number of aliphatic carboxylic acids is 1. The summed E-state index contributed by atoms with van der Waals surface area (Å²) in [6, 6.07) is 0. The van der Waals surface area contributed by atoms with E-state index in [4.69, 9.17) is 5.11 Å². The number of amides is 1. The predicted molar refractivity (Wildman–Crippen MR) is 58.5 cm³/mol. The summed E-state index contributed by atoms with van der Waals surface area (Å²) < 4.78 is 0. The lowest BCUT2D eigenvalue weighted by Gasteiger charge is -2.21. The maximum absolute atomic E-state index is 11.6. The maximum Gasteiger partial charge on any atom is 0.305 e. The van der Waals surface area contributed by atoms with Crippen molar-refractivity contribution in [2.45, 2.75) is 26.7 Å². The van der Waals surface area contributed by atoms with E-state index in [9.17, 15) is 9.59 Å². The first-order valence-corrected chi connectivity index (χ1v) is 5.07. The highest BCUT2D eigenvalue weighted by Crippen LogP contribution is 2.05. The van der Waals surface area contributed by atoms with E-state index in [2.05, 4.69) is 6.58 Å². The van der Waals surface area contributed by atoms with Crippen LogP contribution in [0.3, 0.4) is 0 Å². The predicted octanol–water partition coefficient (Wildman–Crippen LogP) is 1.52. The summed E-state index contributed by atoms with van der Waals surface area (Å²) in [5, 5.41) is 8.53. The highest BCUT2D eigenvalue weighted by atomic mass is 16.4. The number of carbonyl (C=O) groups is 2. The Morgan fingerprint density at radius 2 is 2.07 bits per heavy atom. The van der Waals surface area contributed by atoms with Gasteiger partial charge in [0.1, 0.15) is 0 Å². The number of nitrogens with zero attached hydrogens (tertiary/aromatic N) is 1. The summed E-state index contributed by atoms with van der Waals surface area (Å²) >= 11 is 0. The molecule has 0 saturated carbocycles. The molecule has 4 nitrogen and oxygen atoms in total. The lowest BCUT2D eigenvalue weighted by atomic mass is 10.1. The Labute approximate surface area is 90.6 Å². The summed E-state index contributed by atoms with van der Waals surface area (Å²) in [6.45, 7) is 8.14. The second-order valence-corrected chi connectivity index (χ2v) is 3.87. The molecule has 0 rings (SSSR count). The van der Waals surface area contributed by atoms with E-state index in [1.54, 1.807) is 6.08 Å². The normalized spacial score (nSPS) is 10.1. The summed E-state index contributed by atoms with van der Waals surface area (Å²) in [6.07, 6.45) is 2.05. The molecule has 0 aromatic heterocycles. The van der Waals surface area contributed by atoms with Gasteiger partial charge in [0.15, 0.2) is 0 Å². The molecule has 0 heterocycles. The molecular weight excluding hydrogens is 194 g/mol. The van der Waals surface area contributed by atoms with Crippen molar-refractivity contribution >= 4 is 11.9 Å². The minimum Gasteiger partial charge on any atom is -0.481 e. The van der Waals surface area contributed by atoms with Crippen molar-refractivity contribution in [3.8, 4) is 0 Å². The smallest absolute Gasteiger partial charge is 0.305 e. The van der Waals surface area contributed by atoms with Gasteiger partial charge < -0.3 is 10.0 Å². The second-order valence-electron chi connectivity index (χ2n) is 3.87. The molecule has 0 radical (unpaired) electrons. The molecule has 0 unspecified atom stereocenters. The van der Waals surface area contributed by atoms with Crippen LogP contribution in [0.15, 0.2) is 12.7 Å². The van der Waals surface area contributed by atoms with Gasteiger partial charge in [0.05, 0.1) is 6.42 Å². The van der Waals surface area contributed by atoms with E-state index in [-0.39, 0.29) is 24.8 Å². The topological polar surface area (TPSA) is 57.6 Å². The Kier molecular flexibility index (Phi) is 6.42. The standard InChI is InChI=1S/C11H19NO3/c1-4-6-12(7-5-11(14)15)10(13)8-9(2)3/h4,9H,1,5-8H2,2-3H3,(H,14,15). The first-order valence-electron chi connectivity index (χ1n) is 5.07. The average Bonchev–Trinajstić information content (AvgIpc) is 2.10. The number of carboxylic acid groups (broad SMARTS) is 1. The third-order valence-electron chi connectivity index (χ3n) is 1.88. The van der Waals surface area contributed by atoms with Crippen LogP contribution in [0.2, 0.25) is 0 Å². The van der Waals surface area contributed by atoms with Gasteiger partial charge >= 0.3 is 5.97 Å². The molecule has 0 aliphatic carbocycles. The zero-order valence-corrected chi connectivity index (χ0v) is 9.40. The summed E-state index contributed by atoms with van der Waals surface area (Å²) in [5.74, 6) is -0.609. The molecule has 0 atom stereocenters. The minimum atomic E-state index is -0.888. The van der Waals surface area contributed by atoms with Gasteiger partial charge in [-0.15, -0.1) is 6.58 Å². The number of hydrogen-bond acceptors (Lipinski definition) is 2. The fraction of sp³-hybridized carbons (Fsp3) is 0.636. The summed E-state index contributed by atoms with van der Waals surface area (Å²) in [4.78, 5) is 23.6. The third-order valence-corrected chi connectivity index (χ3v) is 1.88. The maximum atomic E-state index is 11.6. The number of hydrogen-bond donors (Lipinski definition) is 1. The van der Waals surface area contributed by atoms with Crippen molar-refractivity contribution in [2.24, 2.45) is 5.92 Å². The molecule has 86 valence electrons. The molecule has 0 aliphatic rings. The summed E-state index contributed by atoms with van der Waals surface area (Å²) in [7, 11) is 0. The van der Waals surface area contributed by atoms with E-state index in [0.29, 0.717) is 13.0 Å². The fourth-order valence-electron chi connectivity index (χ4n) is 1.18. The molecule has 4 heteroatoms. The lowest BCUT2D eigenvalue weighted by Crippen LogP contribution is -2.33. The highest BCUT2D eigenvalue weighted by molar-refractivity contribution is 5.77. The van der Waals surface area contributed by atoms with E-state index >= 15 is 0 Å². The largest absolute Gasteiger partial charge is 0.481 e. The lowest BCUT2D eigenvalue weighted by molar-refractivity contribution is -0.138. The molecular formula is C11H19NO3. The van der Waals surface area contributed by atoms with Crippen LogP contribution in [0.25, 0.3) is 0 Å². The van der Waals surface area contributed by atoms with Gasteiger partial charge in [-0.2, -0.15) is 0 Å².